The van der Waals surface area contributed by atoms with Gasteiger partial charge in [-0.05, 0) is 25.7 Å². The van der Waals surface area contributed by atoms with Crippen LogP contribution in [0.3, 0.4) is 0 Å². The van der Waals surface area contributed by atoms with E-state index >= 15 is 0 Å². The van der Waals surface area contributed by atoms with E-state index in [1.54, 1.807) is 0 Å². The molecule has 0 heterocycles. The molecule has 1 amide bonds. The Labute approximate surface area is 106 Å². The molecule has 1 rings (SSSR count). The van der Waals surface area contributed by atoms with Crippen molar-refractivity contribution in [2.45, 2.75) is 44.8 Å². The van der Waals surface area contributed by atoms with Crippen LogP contribution in [0.25, 0.3) is 0 Å². The van der Waals surface area contributed by atoms with E-state index in [9.17, 15) is 9.59 Å². The molecule has 3 N–H and O–H groups in total. The predicted octanol–water partition coefficient (Wildman–Crippen LogP) is 0.143. The van der Waals surface area contributed by atoms with Gasteiger partial charge in [0.1, 0.15) is 0 Å². The van der Waals surface area contributed by atoms with Crippen LogP contribution in [0.4, 0.5) is 0 Å². The second-order valence-corrected chi connectivity index (χ2v) is 4.61. The van der Waals surface area contributed by atoms with Crippen molar-refractivity contribution in [1.29, 1.82) is 0 Å². The first-order valence-corrected chi connectivity index (χ1v) is 6.32. The zero-order valence-corrected chi connectivity index (χ0v) is 10.6. The molecule has 0 bridgehead atoms. The molecule has 18 heavy (non-hydrogen) atoms. The molecular weight excluding hydrogens is 238 g/mol. The van der Waals surface area contributed by atoms with Gasteiger partial charge in [0.15, 0.2) is 6.10 Å². The molecule has 6 heteroatoms. The Kier molecular flexibility index (Phi) is 6.07. The fourth-order valence-electron chi connectivity index (χ4n) is 2.02. The van der Waals surface area contributed by atoms with E-state index in [-0.39, 0.29) is 18.9 Å². The van der Waals surface area contributed by atoms with Crippen LogP contribution in [-0.4, -0.2) is 47.4 Å². The highest BCUT2D eigenvalue weighted by molar-refractivity contribution is 5.76. The number of rotatable bonds is 8. The third kappa shape index (κ3) is 5.01. The number of carbonyl (C=O) groups is 2. The van der Waals surface area contributed by atoms with Crippen molar-refractivity contribution in [3.05, 3.63) is 0 Å². The molecule has 1 aliphatic carbocycles. The minimum Gasteiger partial charge on any atom is -0.479 e. The van der Waals surface area contributed by atoms with Crippen molar-refractivity contribution >= 4 is 11.9 Å². The molecular formula is C12H21NO5. The van der Waals surface area contributed by atoms with Gasteiger partial charge in [-0.15, -0.1) is 0 Å². The molecule has 0 radical (unpaired) electrons. The standard InChI is InChI=1S/C12H21NO5/c1-2-18-9-5-8(6-9)7-11(15)13-4-3-10(14)12(16)17/h8-10,14H,2-7H2,1H3,(H,13,15)(H,16,17). The number of ether oxygens (including phenoxy) is 1. The maximum Gasteiger partial charge on any atom is 0.332 e. The topological polar surface area (TPSA) is 95.9 Å². The number of aliphatic hydroxyl groups excluding tert-OH is 1. The quantitative estimate of drug-likeness (QED) is 0.576. The molecule has 1 atom stereocenters. The molecule has 0 aliphatic heterocycles. The number of aliphatic hydroxyl groups is 1. The van der Waals surface area contributed by atoms with Gasteiger partial charge in [-0.25, -0.2) is 4.79 Å². The van der Waals surface area contributed by atoms with Crippen LogP contribution in [-0.2, 0) is 14.3 Å². The van der Waals surface area contributed by atoms with Crippen molar-refractivity contribution < 1.29 is 24.5 Å². The first-order chi connectivity index (χ1) is 8.52. The SMILES string of the molecule is CCOC1CC(CC(=O)NCCC(O)C(=O)O)C1. The third-order valence-corrected chi connectivity index (χ3v) is 3.09. The molecule has 1 saturated carbocycles. The molecule has 1 aliphatic rings. The summed E-state index contributed by atoms with van der Waals surface area (Å²) in [6.45, 7) is 2.85. The number of carboxylic acid groups (broad SMARTS) is 1. The summed E-state index contributed by atoms with van der Waals surface area (Å²) in [7, 11) is 0. The monoisotopic (exact) mass is 259 g/mol. The normalized spacial score (nSPS) is 24.1. The number of hydrogen-bond acceptors (Lipinski definition) is 4. The van der Waals surface area contributed by atoms with Gasteiger partial charge < -0.3 is 20.3 Å². The minimum absolute atomic E-state index is 0.0350. The van der Waals surface area contributed by atoms with Crippen molar-refractivity contribution in [2.75, 3.05) is 13.2 Å². The van der Waals surface area contributed by atoms with Crippen LogP contribution in [0.15, 0.2) is 0 Å². The Morgan fingerprint density at radius 1 is 1.44 bits per heavy atom. The maximum absolute atomic E-state index is 11.5. The molecule has 104 valence electrons. The lowest BCUT2D eigenvalue weighted by atomic mass is 9.80. The summed E-state index contributed by atoms with van der Waals surface area (Å²) in [5.41, 5.74) is 0. The summed E-state index contributed by atoms with van der Waals surface area (Å²) in [5.74, 6) is -0.985. The minimum atomic E-state index is -1.41. The second kappa shape index (κ2) is 7.33. The van der Waals surface area contributed by atoms with E-state index in [1.165, 1.54) is 0 Å². The van der Waals surface area contributed by atoms with Gasteiger partial charge in [0.05, 0.1) is 6.10 Å². The smallest absolute Gasteiger partial charge is 0.332 e. The van der Waals surface area contributed by atoms with Crippen LogP contribution in [0.1, 0.15) is 32.6 Å². The first-order valence-electron chi connectivity index (χ1n) is 6.32. The van der Waals surface area contributed by atoms with E-state index in [4.69, 9.17) is 14.9 Å². The average Bonchev–Trinajstić information content (AvgIpc) is 2.26. The Hall–Kier alpha value is -1.14. The van der Waals surface area contributed by atoms with Crippen LogP contribution < -0.4 is 5.32 Å². The van der Waals surface area contributed by atoms with Gasteiger partial charge >= 0.3 is 5.97 Å². The van der Waals surface area contributed by atoms with Crippen molar-refractivity contribution in [3.63, 3.8) is 0 Å². The Bertz CT molecular complexity index is 288. The highest BCUT2D eigenvalue weighted by atomic mass is 16.5. The molecule has 1 fully saturated rings. The molecule has 0 spiro atoms. The van der Waals surface area contributed by atoms with E-state index in [0.717, 1.165) is 12.8 Å². The molecule has 6 nitrogen and oxygen atoms in total. The number of carbonyl (C=O) groups excluding carboxylic acids is 1. The summed E-state index contributed by atoms with van der Waals surface area (Å²) in [4.78, 5) is 21.8. The highest BCUT2D eigenvalue weighted by Crippen LogP contribution is 2.32. The first kappa shape index (κ1) is 14.9. The largest absolute Gasteiger partial charge is 0.479 e. The Morgan fingerprint density at radius 2 is 2.11 bits per heavy atom. The lowest BCUT2D eigenvalue weighted by molar-refractivity contribution is -0.147. The van der Waals surface area contributed by atoms with Crippen molar-refractivity contribution in [1.82, 2.24) is 5.32 Å². The van der Waals surface area contributed by atoms with E-state index in [2.05, 4.69) is 5.32 Å². The summed E-state index contributed by atoms with van der Waals surface area (Å²) in [6.07, 6.45) is 1.20. The zero-order valence-electron chi connectivity index (χ0n) is 10.6. The lowest BCUT2D eigenvalue weighted by Crippen LogP contribution is -2.36. The third-order valence-electron chi connectivity index (χ3n) is 3.09. The predicted molar refractivity (Wildman–Crippen MR) is 64.0 cm³/mol. The summed E-state index contributed by atoms with van der Waals surface area (Å²) in [6, 6.07) is 0. The van der Waals surface area contributed by atoms with Gasteiger partial charge in [0.2, 0.25) is 5.91 Å². The number of nitrogens with one attached hydrogen (secondary N) is 1. The molecule has 1 unspecified atom stereocenters. The second-order valence-electron chi connectivity index (χ2n) is 4.61. The van der Waals surface area contributed by atoms with Crippen LogP contribution in [0.2, 0.25) is 0 Å². The van der Waals surface area contributed by atoms with Crippen LogP contribution >= 0.6 is 0 Å². The van der Waals surface area contributed by atoms with E-state index in [1.807, 2.05) is 6.92 Å². The molecule has 0 aromatic heterocycles. The fourth-order valence-corrected chi connectivity index (χ4v) is 2.02. The van der Waals surface area contributed by atoms with Crippen molar-refractivity contribution in [3.8, 4) is 0 Å². The average molecular weight is 259 g/mol. The fraction of sp³-hybridized carbons (Fsp3) is 0.833. The highest BCUT2D eigenvalue weighted by Gasteiger charge is 2.30. The lowest BCUT2D eigenvalue weighted by Gasteiger charge is -2.34. The number of carboxylic acids is 1. The van der Waals surface area contributed by atoms with E-state index < -0.39 is 12.1 Å². The van der Waals surface area contributed by atoms with Crippen molar-refractivity contribution in [2.24, 2.45) is 5.92 Å². The van der Waals surface area contributed by atoms with Gasteiger partial charge in [-0.2, -0.15) is 0 Å². The summed E-state index contributed by atoms with van der Waals surface area (Å²) >= 11 is 0. The number of hydrogen-bond donors (Lipinski definition) is 3. The van der Waals surface area contributed by atoms with Gasteiger partial charge in [0, 0.05) is 26.0 Å². The number of amides is 1. The van der Waals surface area contributed by atoms with Gasteiger partial charge in [-0.3, -0.25) is 4.79 Å². The van der Waals surface area contributed by atoms with Gasteiger partial charge in [-0.1, -0.05) is 0 Å². The summed E-state index contributed by atoms with van der Waals surface area (Å²) < 4.78 is 5.40. The molecule has 0 aromatic rings. The van der Waals surface area contributed by atoms with Gasteiger partial charge in [0.25, 0.3) is 0 Å². The van der Waals surface area contributed by atoms with Crippen LogP contribution in [0, 0.1) is 5.92 Å². The van der Waals surface area contributed by atoms with Crippen LogP contribution in [0.5, 0.6) is 0 Å². The summed E-state index contributed by atoms with van der Waals surface area (Å²) in [5, 5.41) is 20.1. The Balaban J connectivity index is 2.03. The Morgan fingerprint density at radius 3 is 2.67 bits per heavy atom. The maximum atomic E-state index is 11.5. The molecule has 0 aromatic carbocycles. The zero-order chi connectivity index (χ0) is 13.5. The van der Waals surface area contributed by atoms with E-state index in [0.29, 0.717) is 25.0 Å². The molecule has 0 saturated heterocycles. The number of aliphatic carboxylic acids is 1.